The first-order valence-corrected chi connectivity index (χ1v) is 6.19. The fourth-order valence-electron chi connectivity index (χ4n) is 1.08. The topological polar surface area (TPSA) is 60.2 Å². The van der Waals surface area contributed by atoms with Gasteiger partial charge in [0.2, 0.25) is 0 Å². The van der Waals surface area contributed by atoms with Crippen LogP contribution >= 0.6 is 11.6 Å². The van der Waals surface area contributed by atoms with Crippen LogP contribution in [0.15, 0.2) is 29.2 Å². The molecule has 1 rings (SSSR count). The standard InChI is InChI=1S/C9H12ClNO2S/c1-7(11)6-14(12,13)9-4-2-8(10)3-5-9/h2-5,7H,6,11H2,1H3. The molecule has 0 aliphatic carbocycles. The van der Waals surface area contributed by atoms with Crippen LogP contribution in [0.25, 0.3) is 0 Å². The summed E-state index contributed by atoms with van der Waals surface area (Å²) in [6.07, 6.45) is 0. The lowest BCUT2D eigenvalue weighted by Crippen LogP contribution is -2.26. The Labute approximate surface area is 88.8 Å². The molecule has 14 heavy (non-hydrogen) atoms. The number of halogens is 1. The first-order valence-electron chi connectivity index (χ1n) is 4.16. The van der Waals surface area contributed by atoms with Gasteiger partial charge in [-0.1, -0.05) is 11.6 Å². The summed E-state index contributed by atoms with van der Waals surface area (Å²) in [5.41, 5.74) is 5.44. The van der Waals surface area contributed by atoms with Gasteiger partial charge in [-0.25, -0.2) is 8.42 Å². The van der Waals surface area contributed by atoms with Gasteiger partial charge in [0.15, 0.2) is 9.84 Å². The first-order chi connectivity index (χ1) is 6.42. The molecule has 0 radical (unpaired) electrons. The second-order valence-corrected chi connectivity index (χ2v) is 5.68. The predicted molar refractivity (Wildman–Crippen MR) is 57.2 cm³/mol. The van der Waals surface area contributed by atoms with Gasteiger partial charge < -0.3 is 5.73 Å². The van der Waals surface area contributed by atoms with Gasteiger partial charge in [0.05, 0.1) is 10.6 Å². The van der Waals surface area contributed by atoms with Gasteiger partial charge in [-0.3, -0.25) is 0 Å². The second-order valence-electron chi connectivity index (χ2n) is 3.21. The van der Waals surface area contributed by atoms with Crippen molar-refractivity contribution in [2.45, 2.75) is 17.9 Å². The van der Waals surface area contributed by atoms with Crippen LogP contribution in [-0.4, -0.2) is 20.2 Å². The summed E-state index contributed by atoms with van der Waals surface area (Å²) in [7, 11) is -3.26. The van der Waals surface area contributed by atoms with Crippen LogP contribution in [0.1, 0.15) is 6.92 Å². The molecule has 1 aromatic carbocycles. The molecule has 0 bridgehead atoms. The van der Waals surface area contributed by atoms with Gasteiger partial charge in [-0.05, 0) is 31.2 Å². The molecule has 78 valence electrons. The fourth-order valence-corrected chi connectivity index (χ4v) is 2.65. The van der Waals surface area contributed by atoms with Crippen molar-refractivity contribution >= 4 is 21.4 Å². The van der Waals surface area contributed by atoms with E-state index in [2.05, 4.69) is 0 Å². The molecule has 0 fully saturated rings. The minimum atomic E-state index is -3.26. The van der Waals surface area contributed by atoms with Crippen molar-refractivity contribution in [3.05, 3.63) is 29.3 Å². The van der Waals surface area contributed by atoms with Crippen molar-refractivity contribution in [3.63, 3.8) is 0 Å². The molecule has 0 aliphatic heterocycles. The van der Waals surface area contributed by atoms with Crippen LogP contribution in [0.2, 0.25) is 5.02 Å². The minimum absolute atomic E-state index is 0.0470. The average Bonchev–Trinajstić information content (AvgIpc) is 2.02. The van der Waals surface area contributed by atoms with Crippen molar-refractivity contribution in [2.24, 2.45) is 5.73 Å². The van der Waals surface area contributed by atoms with Crippen LogP contribution in [0, 0.1) is 0 Å². The zero-order valence-corrected chi connectivity index (χ0v) is 9.35. The third kappa shape index (κ3) is 2.97. The summed E-state index contributed by atoms with van der Waals surface area (Å²) in [5.74, 6) is -0.0470. The minimum Gasteiger partial charge on any atom is -0.327 e. The van der Waals surface area contributed by atoms with E-state index in [0.29, 0.717) is 5.02 Å². The zero-order valence-electron chi connectivity index (χ0n) is 7.77. The van der Waals surface area contributed by atoms with Crippen LogP contribution in [0.3, 0.4) is 0 Å². The third-order valence-electron chi connectivity index (χ3n) is 1.66. The number of hydrogen-bond donors (Lipinski definition) is 1. The lowest BCUT2D eigenvalue weighted by Gasteiger charge is -2.06. The largest absolute Gasteiger partial charge is 0.327 e. The molecule has 0 aliphatic rings. The van der Waals surface area contributed by atoms with Gasteiger partial charge >= 0.3 is 0 Å². The Hall–Kier alpha value is -0.580. The maximum atomic E-state index is 11.6. The predicted octanol–water partition coefficient (Wildman–Crippen LogP) is 1.46. The summed E-state index contributed by atoms with van der Waals surface area (Å²) in [4.78, 5) is 0.263. The summed E-state index contributed by atoms with van der Waals surface area (Å²) in [5, 5.41) is 0.518. The Kier molecular flexibility index (Phi) is 3.53. The van der Waals surface area contributed by atoms with E-state index in [1.165, 1.54) is 12.1 Å². The average molecular weight is 234 g/mol. The molecule has 5 heteroatoms. The smallest absolute Gasteiger partial charge is 0.179 e. The highest BCUT2D eigenvalue weighted by molar-refractivity contribution is 7.91. The van der Waals surface area contributed by atoms with Gasteiger partial charge in [-0.2, -0.15) is 0 Å². The molecule has 3 nitrogen and oxygen atoms in total. The summed E-state index contributed by atoms with van der Waals surface area (Å²) in [6.45, 7) is 1.66. The molecular formula is C9H12ClNO2S. The Bertz CT molecular complexity index is 397. The van der Waals surface area contributed by atoms with Gasteiger partial charge in [0.25, 0.3) is 0 Å². The number of benzene rings is 1. The maximum Gasteiger partial charge on any atom is 0.179 e. The van der Waals surface area contributed by atoms with Crippen molar-refractivity contribution in [1.29, 1.82) is 0 Å². The maximum absolute atomic E-state index is 11.6. The van der Waals surface area contributed by atoms with E-state index >= 15 is 0 Å². The molecule has 0 amide bonds. The molecule has 1 unspecified atom stereocenters. The Morgan fingerprint density at radius 1 is 1.36 bits per heavy atom. The van der Waals surface area contributed by atoms with Crippen LogP contribution in [0.4, 0.5) is 0 Å². The molecule has 0 heterocycles. The lowest BCUT2D eigenvalue weighted by molar-refractivity contribution is 0.590. The van der Waals surface area contributed by atoms with Gasteiger partial charge in [0, 0.05) is 11.1 Å². The Morgan fingerprint density at radius 3 is 2.29 bits per heavy atom. The third-order valence-corrected chi connectivity index (χ3v) is 3.86. The summed E-state index contributed by atoms with van der Waals surface area (Å²) < 4.78 is 23.3. The molecule has 1 atom stereocenters. The highest BCUT2D eigenvalue weighted by Crippen LogP contribution is 2.15. The quantitative estimate of drug-likeness (QED) is 0.860. The monoisotopic (exact) mass is 233 g/mol. The summed E-state index contributed by atoms with van der Waals surface area (Å²) >= 11 is 5.65. The molecule has 2 N–H and O–H groups in total. The van der Waals surface area contributed by atoms with E-state index in [1.807, 2.05) is 0 Å². The van der Waals surface area contributed by atoms with E-state index in [9.17, 15) is 8.42 Å². The number of rotatable bonds is 3. The van der Waals surface area contributed by atoms with Crippen LogP contribution in [0.5, 0.6) is 0 Å². The molecule has 0 saturated carbocycles. The second kappa shape index (κ2) is 4.29. The molecule has 0 aromatic heterocycles. The number of sulfone groups is 1. The highest BCUT2D eigenvalue weighted by atomic mass is 35.5. The molecule has 0 spiro atoms. The fraction of sp³-hybridized carbons (Fsp3) is 0.333. The lowest BCUT2D eigenvalue weighted by atomic mass is 10.4. The Morgan fingerprint density at radius 2 is 1.86 bits per heavy atom. The molecule has 0 saturated heterocycles. The van der Waals surface area contributed by atoms with Crippen molar-refractivity contribution < 1.29 is 8.42 Å². The van der Waals surface area contributed by atoms with E-state index in [1.54, 1.807) is 19.1 Å². The zero-order chi connectivity index (χ0) is 10.8. The van der Waals surface area contributed by atoms with Crippen molar-refractivity contribution in [1.82, 2.24) is 0 Å². The summed E-state index contributed by atoms with van der Waals surface area (Å²) in [6, 6.07) is 5.71. The van der Waals surface area contributed by atoms with E-state index in [-0.39, 0.29) is 16.7 Å². The van der Waals surface area contributed by atoms with Crippen molar-refractivity contribution in [3.8, 4) is 0 Å². The molecule has 1 aromatic rings. The van der Waals surface area contributed by atoms with E-state index in [0.717, 1.165) is 0 Å². The normalized spacial score (nSPS) is 13.9. The Balaban J connectivity index is 2.99. The number of nitrogens with two attached hydrogens (primary N) is 1. The van der Waals surface area contributed by atoms with Crippen molar-refractivity contribution in [2.75, 3.05) is 5.75 Å². The highest BCUT2D eigenvalue weighted by Gasteiger charge is 2.15. The van der Waals surface area contributed by atoms with Gasteiger partial charge in [0.1, 0.15) is 0 Å². The molecular weight excluding hydrogens is 222 g/mol. The van der Waals surface area contributed by atoms with Crippen LogP contribution < -0.4 is 5.73 Å². The number of hydrogen-bond acceptors (Lipinski definition) is 3. The SMILES string of the molecule is CC(N)CS(=O)(=O)c1ccc(Cl)cc1. The van der Waals surface area contributed by atoms with Gasteiger partial charge in [-0.15, -0.1) is 0 Å². The first kappa shape index (κ1) is 11.5. The van der Waals surface area contributed by atoms with Crippen LogP contribution in [-0.2, 0) is 9.84 Å². The van der Waals surface area contributed by atoms with E-state index in [4.69, 9.17) is 17.3 Å². The van der Waals surface area contributed by atoms with E-state index < -0.39 is 9.84 Å².